The van der Waals surface area contributed by atoms with Crippen molar-refractivity contribution in [1.29, 1.82) is 0 Å². The molecule has 5 nitrogen and oxygen atoms in total. The van der Waals surface area contributed by atoms with Crippen molar-refractivity contribution in [2.24, 2.45) is 5.73 Å². The van der Waals surface area contributed by atoms with Crippen LogP contribution in [0.1, 0.15) is 12.8 Å². The first-order chi connectivity index (χ1) is 8.49. The molecule has 1 fully saturated rings. The number of hydrogen-bond acceptors (Lipinski definition) is 4. The van der Waals surface area contributed by atoms with E-state index in [-0.39, 0.29) is 16.2 Å². The van der Waals surface area contributed by atoms with Crippen LogP contribution in [0.2, 0.25) is 0 Å². The zero-order valence-electron chi connectivity index (χ0n) is 9.60. The summed E-state index contributed by atoms with van der Waals surface area (Å²) < 4.78 is 13.6. The van der Waals surface area contributed by atoms with Gasteiger partial charge < -0.3 is 10.6 Å². The van der Waals surface area contributed by atoms with Crippen molar-refractivity contribution in [1.82, 2.24) is 0 Å². The molecule has 1 atom stereocenters. The number of nitrogens with zero attached hydrogens (tertiary/aromatic N) is 2. The molecule has 1 heterocycles. The Bertz CT molecular complexity index is 484. The minimum atomic E-state index is -0.633. The van der Waals surface area contributed by atoms with Gasteiger partial charge in [-0.25, -0.2) is 4.39 Å². The first-order valence-electron chi connectivity index (χ1n) is 5.63. The summed E-state index contributed by atoms with van der Waals surface area (Å²) in [5.74, 6) is -0.633. The summed E-state index contributed by atoms with van der Waals surface area (Å²) in [6, 6.07) is 2.40. The van der Waals surface area contributed by atoms with Crippen LogP contribution < -0.4 is 10.6 Å². The predicted octanol–water partition coefficient (Wildman–Crippen LogP) is 2.42. The predicted molar refractivity (Wildman–Crippen MR) is 70.2 cm³/mol. The smallest absolute Gasteiger partial charge is 0.295 e. The van der Waals surface area contributed by atoms with Gasteiger partial charge in [-0.2, -0.15) is 0 Å². The average molecular weight is 318 g/mol. The molecule has 98 valence electrons. The van der Waals surface area contributed by atoms with E-state index in [1.165, 1.54) is 6.07 Å². The molecular formula is C11H13BrFN3O2. The van der Waals surface area contributed by atoms with Crippen molar-refractivity contribution in [3.63, 3.8) is 0 Å². The van der Waals surface area contributed by atoms with Crippen LogP contribution in [0.25, 0.3) is 0 Å². The van der Waals surface area contributed by atoms with Crippen LogP contribution in [0, 0.1) is 15.9 Å². The molecule has 0 radical (unpaired) electrons. The molecule has 0 bridgehead atoms. The molecule has 0 saturated carbocycles. The fourth-order valence-electron chi connectivity index (χ4n) is 2.15. The number of hydrogen-bond donors (Lipinski definition) is 1. The topological polar surface area (TPSA) is 72.4 Å². The van der Waals surface area contributed by atoms with Crippen LogP contribution >= 0.6 is 15.9 Å². The number of rotatable bonds is 2. The highest BCUT2D eigenvalue weighted by Crippen LogP contribution is 2.34. The van der Waals surface area contributed by atoms with Gasteiger partial charge in [-0.05, 0) is 34.8 Å². The number of nitro groups is 1. The van der Waals surface area contributed by atoms with Crippen LogP contribution in [0.4, 0.5) is 15.8 Å². The zero-order valence-corrected chi connectivity index (χ0v) is 11.2. The van der Waals surface area contributed by atoms with E-state index in [2.05, 4.69) is 15.9 Å². The van der Waals surface area contributed by atoms with Gasteiger partial charge in [-0.1, -0.05) is 0 Å². The van der Waals surface area contributed by atoms with E-state index in [4.69, 9.17) is 5.73 Å². The molecule has 18 heavy (non-hydrogen) atoms. The molecule has 0 aliphatic carbocycles. The third kappa shape index (κ3) is 2.62. The van der Waals surface area contributed by atoms with Crippen LogP contribution in [0.5, 0.6) is 0 Å². The fraction of sp³-hybridized carbons (Fsp3) is 0.455. The zero-order chi connectivity index (χ0) is 13.3. The highest BCUT2D eigenvalue weighted by molar-refractivity contribution is 9.10. The third-order valence-electron chi connectivity index (χ3n) is 3.01. The molecule has 1 saturated heterocycles. The van der Waals surface area contributed by atoms with Gasteiger partial charge in [0.05, 0.1) is 15.5 Å². The van der Waals surface area contributed by atoms with E-state index >= 15 is 0 Å². The summed E-state index contributed by atoms with van der Waals surface area (Å²) in [7, 11) is 0. The first kappa shape index (κ1) is 13.2. The number of halogens is 2. The molecule has 1 aliphatic heterocycles. The number of nitro benzene ring substituents is 1. The lowest BCUT2D eigenvalue weighted by molar-refractivity contribution is -0.384. The SMILES string of the molecule is N[C@@H]1CCCN(c2cc(Br)c(F)cc2[N+](=O)[O-])C1. The van der Waals surface area contributed by atoms with E-state index < -0.39 is 10.7 Å². The minimum Gasteiger partial charge on any atom is -0.364 e. The average Bonchev–Trinajstić information content (AvgIpc) is 2.31. The first-order valence-corrected chi connectivity index (χ1v) is 6.42. The van der Waals surface area contributed by atoms with Gasteiger partial charge in [0.25, 0.3) is 5.69 Å². The van der Waals surface area contributed by atoms with Crippen LogP contribution in [0.15, 0.2) is 16.6 Å². The Morgan fingerprint density at radius 2 is 2.28 bits per heavy atom. The van der Waals surface area contributed by atoms with Gasteiger partial charge in [-0.3, -0.25) is 10.1 Å². The maximum Gasteiger partial charge on any atom is 0.295 e. The molecule has 0 aromatic heterocycles. The molecule has 1 aromatic rings. The summed E-state index contributed by atoms with van der Waals surface area (Å²) in [5.41, 5.74) is 6.06. The second-order valence-electron chi connectivity index (χ2n) is 4.36. The molecule has 1 aromatic carbocycles. The monoisotopic (exact) mass is 317 g/mol. The molecule has 0 unspecified atom stereocenters. The van der Waals surface area contributed by atoms with E-state index in [9.17, 15) is 14.5 Å². The van der Waals surface area contributed by atoms with Gasteiger partial charge in [0.2, 0.25) is 0 Å². The Labute approximate surface area is 112 Å². The maximum absolute atomic E-state index is 13.4. The Kier molecular flexibility index (Phi) is 3.82. The summed E-state index contributed by atoms with van der Waals surface area (Å²) in [5, 5.41) is 11.0. The van der Waals surface area contributed by atoms with E-state index in [1.54, 1.807) is 0 Å². The van der Waals surface area contributed by atoms with Crippen LogP contribution in [-0.4, -0.2) is 24.1 Å². The highest BCUT2D eigenvalue weighted by atomic mass is 79.9. The summed E-state index contributed by atoms with van der Waals surface area (Å²) in [6.07, 6.45) is 1.79. The Balaban J connectivity index is 2.41. The Morgan fingerprint density at radius 3 is 2.89 bits per heavy atom. The normalized spacial score (nSPS) is 19.9. The molecule has 0 amide bonds. The minimum absolute atomic E-state index is 0.00202. The van der Waals surface area contributed by atoms with Crippen molar-refractivity contribution in [3.05, 3.63) is 32.5 Å². The lowest BCUT2D eigenvalue weighted by atomic mass is 10.1. The number of anilines is 1. The molecule has 2 rings (SSSR count). The lowest BCUT2D eigenvalue weighted by Gasteiger charge is -2.32. The maximum atomic E-state index is 13.4. The largest absolute Gasteiger partial charge is 0.364 e. The van der Waals surface area contributed by atoms with Crippen molar-refractivity contribution in [2.75, 3.05) is 18.0 Å². The standard InChI is InChI=1S/C11H13BrFN3O2/c12-8-4-10(11(16(17)18)5-9(8)13)15-3-1-2-7(14)6-15/h4-5,7H,1-3,6,14H2/t7-/m1/s1. The van der Waals surface area contributed by atoms with Gasteiger partial charge in [0, 0.05) is 19.1 Å². The van der Waals surface area contributed by atoms with Crippen molar-refractivity contribution in [3.8, 4) is 0 Å². The molecule has 0 spiro atoms. The molecular weight excluding hydrogens is 305 g/mol. The number of nitrogens with two attached hydrogens (primary N) is 1. The van der Waals surface area contributed by atoms with Crippen molar-refractivity contribution >= 4 is 27.3 Å². The van der Waals surface area contributed by atoms with Gasteiger partial charge >= 0.3 is 0 Å². The van der Waals surface area contributed by atoms with Gasteiger partial charge in [0.15, 0.2) is 0 Å². The van der Waals surface area contributed by atoms with Crippen LogP contribution in [0.3, 0.4) is 0 Å². The Morgan fingerprint density at radius 1 is 1.56 bits per heavy atom. The van der Waals surface area contributed by atoms with E-state index in [0.717, 1.165) is 18.9 Å². The molecule has 7 heteroatoms. The summed E-state index contributed by atoms with van der Waals surface area (Å²) in [6.45, 7) is 1.26. The van der Waals surface area contributed by atoms with Crippen LogP contribution in [-0.2, 0) is 0 Å². The fourth-order valence-corrected chi connectivity index (χ4v) is 2.49. The second-order valence-corrected chi connectivity index (χ2v) is 5.21. The van der Waals surface area contributed by atoms with Crippen molar-refractivity contribution < 1.29 is 9.31 Å². The second kappa shape index (κ2) is 5.19. The van der Waals surface area contributed by atoms with E-state index in [0.29, 0.717) is 18.8 Å². The number of piperidine rings is 1. The highest BCUT2D eigenvalue weighted by Gasteiger charge is 2.25. The van der Waals surface area contributed by atoms with E-state index in [1.807, 2.05) is 4.90 Å². The summed E-state index contributed by atoms with van der Waals surface area (Å²) in [4.78, 5) is 12.3. The third-order valence-corrected chi connectivity index (χ3v) is 3.62. The number of benzene rings is 1. The molecule has 1 aliphatic rings. The summed E-state index contributed by atoms with van der Waals surface area (Å²) >= 11 is 3.06. The van der Waals surface area contributed by atoms with Gasteiger partial charge in [-0.15, -0.1) is 0 Å². The van der Waals surface area contributed by atoms with Crippen molar-refractivity contribution in [2.45, 2.75) is 18.9 Å². The lowest BCUT2D eigenvalue weighted by Crippen LogP contribution is -2.43. The Hall–Kier alpha value is -1.21. The quantitative estimate of drug-likeness (QED) is 0.671. The molecule has 2 N–H and O–H groups in total. The van der Waals surface area contributed by atoms with Gasteiger partial charge in [0.1, 0.15) is 11.5 Å².